The van der Waals surface area contributed by atoms with Gasteiger partial charge in [0.05, 0.1) is 35.1 Å². The highest BCUT2D eigenvalue weighted by Crippen LogP contribution is 2.29. The number of benzene rings is 4. The Balaban J connectivity index is 0.000000226. The number of sulfonamides is 2. The van der Waals surface area contributed by atoms with Crippen LogP contribution in [0.3, 0.4) is 0 Å². The molecule has 0 unspecified atom stereocenters. The summed E-state index contributed by atoms with van der Waals surface area (Å²) in [6, 6.07) is 15.0. The molecule has 0 radical (unpaired) electrons. The quantitative estimate of drug-likeness (QED) is 0.0487. The summed E-state index contributed by atoms with van der Waals surface area (Å²) in [6.45, 7) is 0. The van der Waals surface area contributed by atoms with E-state index in [0.29, 0.717) is 11.4 Å². The van der Waals surface area contributed by atoms with Crippen molar-refractivity contribution in [1.29, 1.82) is 0 Å². The average molecular weight is 907 g/mol. The lowest BCUT2D eigenvalue weighted by molar-refractivity contribution is 0.102. The Kier molecular flexibility index (Phi) is 14.8. The van der Waals surface area contributed by atoms with Gasteiger partial charge in [0.15, 0.2) is 23.3 Å². The largest absolute Gasteiger partial charge is 0.496 e. The lowest BCUT2D eigenvalue weighted by Crippen LogP contribution is -2.13. The molecule has 0 amide bonds. The molecule has 320 valence electrons. The van der Waals surface area contributed by atoms with Gasteiger partial charge in [0.25, 0.3) is 0 Å². The molecule has 0 atom stereocenters. The van der Waals surface area contributed by atoms with Crippen molar-refractivity contribution in [3.05, 3.63) is 136 Å². The number of ketones is 2. The van der Waals surface area contributed by atoms with Crippen LogP contribution in [0.2, 0.25) is 5.28 Å². The standard InChI is InChI=1S/C18H15F2N5O4S.C12H8ClF2N3O2.C6H8N2O2S/c1-29-13-7-6-12(19)15(20)14(13)16(26)11-8-23-18(25-17(11)21)24-9-2-4-10(5-3-9)30(22,27)28;1-20-7-3-2-6(14)9(15)8(7)10(19)5-4-17-12(13)18-11(5)16;7-5-1-3-6(4-2-5)11(8,9)10/h2-8H,1H3,(H2,22,27,28)(H3,21,23,24,25);2-4H,1H3,(H2,16,17,18);1-4H,7H2,(H2,8,9,10). The number of nitrogens with two attached hydrogens (primary N) is 5. The number of hydrogen-bond acceptors (Lipinski definition) is 16. The summed E-state index contributed by atoms with van der Waals surface area (Å²) in [5.74, 6) is -7.79. The first kappa shape index (κ1) is 46.7. The van der Waals surface area contributed by atoms with Crippen LogP contribution < -0.4 is 42.3 Å². The highest BCUT2D eigenvalue weighted by molar-refractivity contribution is 7.89. The first-order chi connectivity index (χ1) is 28.6. The van der Waals surface area contributed by atoms with Crippen molar-refractivity contribution in [2.45, 2.75) is 9.79 Å². The lowest BCUT2D eigenvalue weighted by Gasteiger charge is -2.11. The van der Waals surface area contributed by atoms with E-state index >= 15 is 0 Å². The lowest BCUT2D eigenvalue weighted by atomic mass is 10.0. The van der Waals surface area contributed by atoms with E-state index in [-0.39, 0.29) is 55.3 Å². The molecule has 2 aromatic heterocycles. The fraction of sp³-hybridized carbons (Fsp3) is 0.0556. The first-order valence-corrected chi connectivity index (χ1v) is 19.9. The third-order valence-electron chi connectivity index (χ3n) is 7.75. The summed E-state index contributed by atoms with van der Waals surface area (Å²) >= 11 is 5.51. The Labute approximate surface area is 348 Å². The zero-order valence-corrected chi connectivity index (χ0v) is 33.6. The highest BCUT2D eigenvalue weighted by Gasteiger charge is 2.26. The minimum atomic E-state index is -3.84. The van der Waals surface area contributed by atoms with Crippen molar-refractivity contribution in [3.63, 3.8) is 0 Å². The zero-order chi connectivity index (χ0) is 45.4. The number of nitrogen functional groups attached to an aromatic ring is 3. The summed E-state index contributed by atoms with van der Waals surface area (Å²) in [5.41, 5.74) is 15.9. The second-order valence-corrected chi connectivity index (χ2v) is 15.2. The summed E-state index contributed by atoms with van der Waals surface area (Å²) in [4.78, 5) is 40.0. The SMILES string of the molecule is COc1ccc(F)c(F)c1C(=O)c1cnc(Cl)nc1N.COc1ccc(F)c(F)c1C(=O)c1cnc(Nc2ccc(S(N)(=O)=O)cc2)nc1N.Nc1ccc(S(N)(=O)=O)cc1. The number of halogens is 5. The topological polar surface area (TPSA) is 315 Å². The number of primary sulfonamides is 2. The third-order valence-corrected chi connectivity index (χ3v) is 9.79. The molecule has 0 saturated carbocycles. The number of nitrogens with zero attached hydrogens (tertiary/aromatic N) is 4. The second kappa shape index (κ2) is 19.4. The van der Waals surface area contributed by atoms with Crippen LogP contribution >= 0.6 is 11.6 Å². The van der Waals surface area contributed by atoms with Crippen LogP contribution in [0.25, 0.3) is 0 Å². The summed E-state index contributed by atoms with van der Waals surface area (Å²) in [6.07, 6.45) is 2.09. The number of anilines is 5. The molecule has 0 bridgehead atoms. The number of carbonyl (C=O) groups is 2. The van der Waals surface area contributed by atoms with Crippen LogP contribution in [-0.4, -0.2) is 62.6 Å². The number of ether oxygens (including phenoxy) is 2. The first-order valence-electron chi connectivity index (χ1n) is 16.4. The van der Waals surface area contributed by atoms with Crippen LogP contribution in [0.1, 0.15) is 31.8 Å². The molecular weight excluding hydrogens is 876 g/mol. The van der Waals surface area contributed by atoms with Gasteiger partial charge < -0.3 is 32.0 Å². The maximum absolute atomic E-state index is 14.2. The van der Waals surface area contributed by atoms with E-state index in [1.165, 1.54) is 62.8 Å². The van der Waals surface area contributed by atoms with Gasteiger partial charge in [-0.15, -0.1) is 0 Å². The molecule has 0 spiro atoms. The number of aromatic nitrogens is 4. The zero-order valence-electron chi connectivity index (χ0n) is 31.2. The van der Waals surface area contributed by atoms with Crippen molar-refractivity contribution in [1.82, 2.24) is 19.9 Å². The molecule has 6 rings (SSSR count). The molecule has 0 fully saturated rings. The van der Waals surface area contributed by atoms with Crippen molar-refractivity contribution >= 4 is 72.2 Å². The molecule has 2 heterocycles. The number of carbonyl (C=O) groups excluding carboxylic acids is 2. The Morgan fingerprint density at radius 3 is 1.43 bits per heavy atom. The monoisotopic (exact) mass is 906 g/mol. The van der Waals surface area contributed by atoms with E-state index in [2.05, 4.69) is 25.3 Å². The van der Waals surface area contributed by atoms with E-state index in [9.17, 15) is 44.0 Å². The molecule has 6 aromatic rings. The van der Waals surface area contributed by atoms with Crippen LogP contribution in [0.15, 0.2) is 95.0 Å². The van der Waals surface area contributed by atoms with Gasteiger partial charge in [-0.25, -0.2) is 59.6 Å². The van der Waals surface area contributed by atoms with Gasteiger partial charge in [-0.3, -0.25) is 9.59 Å². The smallest absolute Gasteiger partial charge is 0.238 e. The van der Waals surface area contributed by atoms with Crippen molar-refractivity contribution in [3.8, 4) is 11.5 Å². The normalized spacial score (nSPS) is 11.0. The van der Waals surface area contributed by atoms with E-state index in [0.717, 1.165) is 36.7 Å². The second-order valence-electron chi connectivity index (χ2n) is 11.8. The van der Waals surface area contributed by atoms with Crippen molar-refractivity contribution in [2.24, 2.45) is 10.3 Å². The van der Waals surface area contributed by atoms with Crippen LogP contribution in [0, 0.1) is 23.3 Å². The molecular formula is C36H31ClF4N10O8S2. The maximum Gasteiger partial charge on any atom is 0.238 e. The van der Waals surface area contributed by atoms with E-state index in [4.69, 9.17) is 48.6 Å². The average Bonchev–Trinajstić information content (AvgIpc) is 3.19. The van der Waals surface area contributed by atoms with Crippen LogP contribution in [-0.2, 0) is 20.0 Å². The highest BCUT2D eigenvalue weighted by atomic mass is 35.5. The van der Waals surface area contributed by atoms with Gasteiger partial charge in [-0.1, -0.05) is 0 Å². The summed E-state index contributed by atoms with van der Waals surface area (Å²) in [5, 5.41) is 12.5. The summed E-state index contributed by atoms with van der Waals surface area (Å²) < 4.78 is 109. The van der Waals surface area contributed by atoms with Gasteiger partial charge in [0.1, 0.15) is 34.3 Å². The number of rotatable bonds is 10. The Bertz CT molecular complexity index is 2850. The van der Waals surface area contributed by atoms with Crippen molar-refractivity contribution < 1.29 is 53.5 Å². The van der Waals surface area contributed by atoms with Crippen LogP contribution in [0.5, 0.6) is 11.5 Å². The third kappa shape index (κ3) is 11.6. The van der Waals surface area contributed by atoms with Gasteiger partial charge in [0.2, 0.25) is 42.8 Å². The van der Waals surface area contributed by atoms with E-state index in [1.54, 1.807) is 0 Å². The Morgan fingerprint density at radius 2 is 1.03 bits per heavy atom. The number of nitrogens with one attached hydrogen (secondary N) is 1. The van der Waals surface area contributed by atoms with E-state index < -0.39 is 66.0 Å². The molecule has 0 aliphatic heterocycles. The molecule has 25 heteroatoms. The molecule has 4 aromatic carbocycles. The minimum Gasteiger partial charge on any atom is -0.496 e. The Hall–Kier alpha value is -6.99. The Morgan fingerprint density at radius 1 is 0.623 bits per heavy atom. The minimum absolute atomic E-state index is 0.0147. The van der Waals surface area contributed by atoms with E-state index in [1.807, 2.05) is 0 Å². The fourth-order valence-electron chi connectivity index (χ4n) is 4.79. The predicted octanol–water partition coefficient (Wildman–Crippen LogP) is 4.11. The molecule has 0 aliphatic carbocycles. The van der Waals surface area contributed by atoms with Crippen LogP contribution in [0.4, 0.5) is 46.5 Å². The number of hydrogen-bond donors (Lipinski definition) is 6. The van der Waals surface area contributed by atoms with Gasteiger partial charge >= 0.3 is 0 Å². The molecule has 0 aliphatic rings. The molecule has 18 nitrogen and oxygen atoms in total. The predicted molar refractivity (Wildman–Crippen MR) is 214 cm³/mol. The molecule has 11 N–H and O–H groups in total. The maximum atomic E-state index is 14.2. The van der Waals surface area contributed by atoms with Gasteiger partial charge in [0, 0.05) is 23.8 Å². The van der Waals surface area contributed by atoms with Gasteiger partial charge in [-0.2, -0.15) is 4.98 Å². The van der Waals surface area contributed by atoms with Crippen molar-refractivity contribution in [2.75, 3.05) is 36.7 Å². The molecule has 0 saturated heterocycles. The van der Waals surface area contributed by atoms with Gasteiger partial charge in [-0.05, 0) is 84.4 Å². The fourth-order valence-corrected chi connectivity index (χ4v) is 5.96. The molecule has 61 heavy (non-hydrogen) atoms. The number of methoxy groups -OCH3 is 2. The summed E-state index contributed by atoms with van der Waals surface area (Å²) in [7, 11) is -4.98.